The van der Waals surface area contributed by atoms with Crippen LogP contribution in [0.5, 0.6) is 0 Å². The summed E-state index contributed by atoms with van der Waals surface area (Å²) in [6, 6.07) is 2.72. The molecular formula is C18H31N3. The highest BCUT2D eigenvalue weighted by Gasteiger charge is 2.17. The van der Waals surface area contributed by atoms with E-state index in [4.69, 9.17) is 4.98 Å². The molecule has 3 heteroatoms. The summed E-state index contributed by atoms with van der Waals surface area (Å²) in [6.07, 6.45) is 6.72. The lowest BCUT2D eigenvalue weighted by Gasteiger charge is -2.29. The fourth-order valence-electron chi connectivity index (χ4n) is 3.09. The first-order valence-electron chi connectivity index (χ1n) is 8.53. The van der Waals surface area contributed by atoms with E-state index >= 15 is 0 Å². The Morgan fingerprint density at radius 1 is 1.10 bits per heavy atom. The van der Waals surface area contributed by atoms with Crippen molar-refractivity contribution in [3.63, 3.8) is 0 Å². The van der Waals surface area contributed by atoms with Crippen molar-refractivity contribution in [3.05, 3.63) is 22.9 Å². The van der Waals surface area contributed by atoms with Gasteiger partial charge in [0.05, 0.1) is 0 Å². The molecule has 1 aromatic rings. The average molecular weight is 289 g/mol. The lowest BCUT2D eigenvalue weighted by Crippen LogP contribution is -2.31. The Balaban J connectivity index is 2.25. The number of rotatable bonds is 4. The Hall–Kier alpha value is -1.09. The molecule has 0 unspecified atom stereocenters. The molecule has 2 rings (SSSR count). The summed E-state index contributed by atoms with van der Waals surface area (Å²) in [5.74, 6) is 1.22. The van der Waals surface area contributed by atoms with Crippen LogP contribution in [0.25, 0.3) is 0 Å². The van der Waals surface area contributed by atoms with Gasteiger partial charge in [-0.25, -0.2) is 4.98 Å². The molecule has 0 atom stereocenters. The van der Waals surface area contributed by atoms with E-state index in [1.807, 2.05) is 0 Å². The number of aromatic nitrogens is 1. The largest absolute Gasteiger partial charge is 0.356 e. The molecule has 0 spiro atoms. The van der Waals surface area contributed by atoms with Gasteiger partial charge in [0.15, 0.2) is 0 Å². The minimum absolute atomic E-state index is 0.505. The third-order valence-electron chi connectivity index (χ3n) is 4.30. The summed E-state index contributed by atoms with van der Waals surface area (Å²) >= 11 is 0. The quantitative estimate of drug-likeness (QED) is 0.909. The number of nitrogens with zero attached hydrogens (tertiary/aromatic N) is 2. The molecule has 1 aliphatic heterocycles. The van der Waals surface area contributed by atoms with Crippen molar-refractivity contribution < 1.29 is 0 Å². The van der Waals surface area contributed by atoms with Crippen LogP contribution >= 0.6 is 0 Å². The maximum absolute atomic E-state index is 4.89. The zero-order valence-electron chi connectivity index (χ0n) is 14.2. The third kappa shape index (κ3) is 4.70. The van der Waals surface area contributed by atoms with Gasteiger partial charge in [-0.1, -0.05) is 33.1 Å². The van der Waals surface area contributed by atoms with E-state index in [1.54, 1.807) is 0 Å². The maximum Gasteiger partial charge on any atom is 0.133 e. The van der Waals surface area contributed by atoms with Gasteiger partial charge in [0.25, 0.3) is 0 Å². The van der Waals surface area contributed by atoms with Gasteiger partial charge in [-0.3, -0.25) is 0 Å². The van der Waals surface area contributed by atoms with E-state index in [0.717, 1.165) is 25.3 Å². The topological polar surface area (TPSA) is 28.2 Å². The molecule has 0 saturated carbocycles. The predicted octanol–water partition coefficient (Wildman–Crippen LogP) is 3.97. The molecule has 1 fully saturated rings. The van der Waals surface area contributed by atoms with Crippen molar-refractivity contribution >= 4 is 5.82 Å². The fraction of sp³-hybridized carbons (Fsp3) is 0.722. The van der Waals surface area contributed by atoms with Gasteiger partial charge in [-0.15, -0.1) is 0 Å². The van der Waals surface area contributed by atoms with Crippen LogP contribution in [0.1, 0.15) is 62.8 Å². The zero-order chi connectivity index (χ0) is 15.2. The maximum atomic E-state index is 4.89. The molecular weight excluding hydrogens is 258 g/mol. The monoisotopic (exact) mass is 289 g/mol. The summed E-state index contributed by atoms with van der Waals surface area (Å²) in [5, 5.41) is 3.56. The molecule has 21 heavy (non-hydrogen) atoms. The van der Waals surface area contributed by atoms with Crippen LogP contribution in [0.4, 0.5) is 5.82 Å². The molecule has 0 aliphatic carbocycles. The van der Waals surface area contributed by atoms with Gasteiger partial charge in [0.1, 0.15) is 5.82 Å². The Kier molecular flexibility index (Phi) is 6.04. The normalized spacial score (nSPS) is 16.9. The van der Waals surface area contributed by atoms with Crippen molar-refractivity contribution in [2.24, 2.45) is 0 Å². The van der Waals surface area contributed by atoms with Crippen molar-refractivity contribution in [2.45, 2.75) is 72.4 Å². The highest BCUT2D eigenvalue weighted by molar-refractivity contribution is 5.51. The molecule has 2 heterocycles. The van der Waals surface area contributed by atoms with E-state index in [-0.39, 0.29) is 0 Å². The zero-order valence-corrected chi connectivity index (χ0v) is 14.2. The van der Waals surface area contributed by atoms with E-state index < -0.39 is 0 Å². The summed E-state index contributed by atoms with van der Waals surface area (Å²) in [6.45, 7) is 12.0. The minimum atomic E-state index is 0.505. The van der Waals surface area contributed by atoms with E-state index in [9.17, 15) is 0 Å². The Bertz CT molecular complexity index is 446. The lowest BCUT2D eigenvalue weighted by atomic mass is 10.1. The summed E-state index contributed by atoms with van der Waals surface area (Å²) in [5.41, 5.74) is 3.89. The summed E-state index contributed by atoms with van der Waals surface area (Å²) in [4.78, 5) is 7.42. The molecule has 1 aromatic heterocycles. The Morgan fingerprint density at radius 2 is 1.71 bits per heavy atom. The molecule has 0 bridgehead atoms. The first-order chi connectivity index (χ1) is 10.1. The second-order valence-electron chi connectivity index (χ2n) is 6.67. The Morgan fingerprint density at radius 3 is 2.33 bits per heavy atom. The van der Waals surface area contributed by atoms with Crippen LogP contribution in [-0.2, 0) is 6.54 Å². The fourth-order valence-corrected chi connectivity index (χ4v) is 3.09. The van der Waals surface area contributed by atoms with E-state index in [0.29, 0.717) is 6.04 Å². The molecule has 118 valence electrons. The van der Waals surface area contributed by atoms with Crippen molar-refractivity contribution in [1.29, 1.82) is 0 Å². The molecule has 1 aliphatic rings. The van der Waals surface area contributed by atoms with Crippen LogP contribution in [0.15, 0.2) is 6.07 Å². The molecule has 0 amide bonds. The van der Waals surface area contributed by atoms with Crippen molar-refractivity contribution in [1.82, 2.24) is 10.3 Å². The lowest BCUT2D eigenvalue weighted by molar-refractivity contribution is 0.547. The van der Waals surface area contributed by atoms with Crippen LogP contribution < -0.4 is 10.2 Å². The second kappa shape index (κ2) is 7.79. The van der Waals surface area contributed by atoms with Gasteiger partial charge in [0, 0.05) is 36.9 Å². The van der Waals surface area contributed by atoms with Gasteiger partial charge in [-0.05, 0) is 38.3 Å². The van der Waals surface area contributed by atoms with Crippen molar-refractivity contribution in [3.8, 4) is 0 Å². The van der Waals surface area contributed by atoms with Gasteiger partial charge in [0.2, 0.25) is 0 Å². The standard InChI is InChI=1S/C18H31N3/c1-14(2)19-13-17-15(3)12-16(4)20-18(17)21-10-8-6-5-7-9-11-21/h12,14,19H,5-11,13H2,1-4H3. The molecule has 1 saturated heterocycles. The molecule has 3 nitrogen and oxygen atoms in total. The van der Waals surface area contributed by atoms with E-state index in [2.05, 4.69) is 44.0 Å². The number of anilines is 1. The van der Waals surface area contributed by atoms with Crippen molar-refractivity contribution in [2.75, 3.05) is 18.0 Å². The predicted molar refractivity (Wildman–Crippen MR) is 91.0 cm³/mol. The Labute approximate surface area is 130 Å². The van der Waals surface area contributed by atoms with Crippen LogP contribution in [0.3, 0.4) is 0 Å². The molecule has 1 N–H and O–H groups in total. The number of nitrogens with one attached hydrogen (secondary N) is 1. The number of aryl methyl sites for hydroxylation is 2. The van der Waals surface area contributed by atoms with Gasteiger partial charge < -0.3 is 10.2 Å². The van der Waals surface area contributed by atoms with Crippen LogP contribution in [0, 0.1) is 13.8 Å². The highest BCUT2D eigenvalue weighted by Crippen LogP contribution is 2.25. The van der Waals surface area contributed by atoms with Gasteiger partial charge >= 0.3 is 0 Å². The first kappa shape index (κ1) is 16.3. The SMILES string of the molecule is Cc1cc(C)c(CNC(C)C)c(N2CCCCCCC2)n1. The van der Waals surface area contributed by atoms with Crippen LogP contribution in [0.2, 0.25) is 0 Å². The third-order valence-corrected chi connectivity index (χ3v) is 4.30. The number of hydrogen-bond donors (Lipinski definition) is 1. The highest BCUT2D eigenvalue weighted by atomic mass is 15.2. The van der Waals surface area contributed by atoms with E-state index in [1.165, 1.54) is 49.0 Å². The molecule has 0 aromatic carbocycles. The summed E-state index contributed by atoms with van der Waals surface area (Å²) < 4.78 is 0. The second-order valence-corrected chi connectivity index (χ2v) is 6.67. The molecule has 0 radical (unpaired) electrons. The van der Waals surface area contributed by atoms with Gasteiger partial charge in [-0.2, -0.15) is 0 Å². The summed E-state index contributed by atoms with van der Waals surface area (Å²) in [7, 11) is 0. The smallest absolute Gasteiger partial charge is 0.133 e. The number of hydrogen-bond acceptors (Lipinski definition) is 3. The first-order valence-corrected chi connectivity index (χ1v) is 8.53. The minimum Gasteiger partial charge on any atom is -0.356 e. The van der Waals surface area contributed by atoms with Crippen LogP contribution in [-0.4, -0.2) is 24.1 Å². The number of pyridine rings is 1. The average Bonchev–Trinajstić information content (AvgIpc) is 2.36.